The number of hydrogen-bond donors (Lipinski definition) is 3. The molecule has 0 bridgehead atoms. The average molecular weight is 626 g/mol. The average Bonchev–Trinajstić information content (AvgIpc) is 3.34. The minimum atomic E-state index is -3.32. The summed E-state index contributed by atoms with van der Waals surface area (Å²) in [5.41, 5.74) is -0.229. The molecule has 41 heavy (non-hydrogen) atoms. The molecule has 2 aromatic carbocycles. The fraction of sp³-hybridized carbons (Fsp3) is 0.517. The van der Waals surface area contributed by atoms with E-state index in [1.807, 2.05) is 0 Å². The molecular weight excluding hydrogens is 590 g/mol. The van der Waals surface area contributed by atoms with Crippen molar-refractivity contribution in [2.75, 3.05) is 24.7 Å². The van der Waals surface area contributed by atoms with Crippen molar-refractivity contribution in [2.45, 2.75) is 69.5 Å². The van der Waals surface area contributed by atoms with Crippen LogP contribution in [0.1, 0.15) is 57.1 Å². The molecule has 2 aromatic rings. The van der Waals surface area contributed by atoms with E-state index in [0.29, 0.717) is 48.6 Å². The van der Waals surface area contributed by atoms with Crippen molar-refractivity contribution >= 4 is 50.7 Å². The number of piperidine rings is 1. The number of halogens is 3. The van der Waals surface area contributed by atoms with Crippen molar-refractivity contribution < 1.29 is 22.4 Å². The number of benzene rings is 2. The summed E-state index contributed by atoms with van der Waals surface area (Å²) in [5, 5.41) is 9.85. The van der Waals surface area contributed by atoms with Gasteiger partial charge in [-0.15, -0.1) is 0 Å². The minimum absolute atomic E-state index is 0.0982. The van der Waals surface area contributed by atoms with Crippen LogP contribution in [0.2, 0.25) is 10.0 Å². The number of sulfonamides is 1. The molecule has 3 aliphatic heterocycles. The smallest absolute Gasteiger partial charge is 0.238 e. The van der Waals surface area contributed by atoms with Gasteiger partial charge in [0.1, 0.15) is 11.2 Å². The van der Waals surface area contributed by atoms with Crippen LogP contribution in [0.3, 0.4) is 0 Å². The molecular formula is C29H35Cl2FN4O4S. The first-order valence-corrected chi connectivity index (χ1v) is 16.3. The lowest BCUT2D eigenvalue weighted by Gasteiger charge is -2.38. The predicted octanol–water partition coefficient (Wildman–Crippen LogP) is 4.42. The van der Waals surface area contributed by atoms with Crippen LogP contribution in [-0.4, -0.2) is 62.0 Å². The van der Waals surface area contributed by atoms with Crippen LogP contribution in [-0.2, 0) is 25.0 Å². The largest absolute Gasteiger partial charge is 0.352 e. The first-order chi connectivity index (χ1) is 19.1. The maximum Gasteiger partial charge on any atom is 0.238 e. The monoisotopic (exact) mass is 624 g/mol. The highest BCUT2D eigenvalue weighted by Crippen LogP contribution is 2.57. The number of rotatable bonds is 5. The van der Waals surface area contributed by atoms with Crippen molar-refractivity contribution in [3.8, 4) is 0 Å². The lowest BCUT2D eigenvalue weighted by atomic mass is 9.62. The Bertz CT molecular complexity index is 1490. The third kappa shape index (κ3) is 5.49. The summed E-state index contributed by atoms with van der Waals surface area (Å²) < 4.78 is 41.2. The van der Waals surface area contributed by atoms with Crippen LogP contribution in [0, 0.1) is 11.2 Å². The lowest BCUT2D eigenvalue weighted by molar-refractivity contribution is -0.124. The fourth-order valence-corrected chi connectivity index (χ4v) is 8.00. The maximum absolute atomic E-state index is 15.9. The highest BCUT2D eigenvalue weighted by atomic mass is 35.5. The van der Waals surface area contributed by atoms with E-state index in [1.165, 1.54) is 16.6 Å². The van der Waals surface area contributed by atoms with Crippen molar-refractivity contribution in [2.24, 2.45) is 5.41 Å². The van der Waals surface area contributed by atoms with Crippen LogP contribution in [0.4, 0.5) is 10.1 Å². The number of nitrogens with zero attached hydrogens (tertiary/aromatic N) is 1. The van der Waals surface area contributed by atoms with E-state index in [1.54, 1.807) is 30.3 Å². The van der Waals surface area contributed by atoms with Crippen LogP contribution >= 0.6 is 23.2 Å². The van der Waals surface area contributed by atoms with Gasteiger partial charge in [-0.1, -0.05) is 62.2 Å². The van der Waals surface area contributed by atoms with E-state index in [4.69, 9.17) is 23.2 Å². The molecule has 0 aliphatic carbocycles. The zero-order chi connectivity index (χ0) is 29.9. The molecule has 3 aliphatic rings. The fourth-order valence-electron chi connectivity index (χ4n) is 6.78. The van der Waals surface area contributed by atoms with E-state index < -0.39 is 39.3 Å². The van der Waals surface area contributed by atoms with Gasteiger partial charge in [0.15, 0.2) is 0 Å². The first-order valence-electron chi connectivity index (χ1n) is 13.7. The summed E-state index contributed by atoms with van der Waals surface area (Å²) >= 11 is 12.5. The van der Waals surface area contributed by atoms with E-state index in [2.05, 4.69) is 36.7 Å². The van der Waals surface area contributed by atoms with Crippen LogP contribution in [0.25, 0.3) is 0 Å². The molecule has 0 aromatic heterocycles. The molecule has 3 heterocycles. The third-order valence-corrected chi connectivity index (χ3v) is 10.3. The summed E-state index contributed by atoms with van der Waals surface area (Å²) in [6.45, 7) is 6.74. The molecule has 0 radical (unpaired) electrons. The summed E-state index contributed by atoms with van der Waals surface area (Å²) in [6.07, 6.45) is 2.57. The summed E-state index contributed by atoms with van der Waals surface area (Å²) in [6, 6.07) is 8.02. The molecule has 5 rings (SSSR count). The Labute approximate surface area is 250 Å². The lowest BCUT2D eigenvalue weighted by Crippen LogP contribution is -2.52. The standard InChI is InChI=1S/C29H35Cl2FN4O4S/c1-28(2,3)15-22-29(19-9-8-16(30)14-21(19)34-27(29)38)23(18-6-5-7-20(31)24(18)32)25(35-22)26(37)33-17-10-12-36(13-11-17)41(4,39)40/h5-9,14,17,22-23,25,35H,10-13,15H2,1-4H3,(H,33,37)(H,34,38). The molecule has 4 atom stereocenters. The Balaban J connectivity index is 1.60. The van der Waals surface area contributed by atoms with Gasteiger partial charge in [-0.25, -0.2) is 17.1 Å². The van der Waals surface area contributed by atoms with E-state index in [-0.39, 0.29) is 33.9 Å². The molecule has 0 saturated carbocycles. The van der Waals surface area contributed by atoms with Crippen molar-refractivity contribution in [3.05, 3.63) is 63.4 Å². The van der Waals surface area contributed by atoms with Gasteiger partial charge in [0.05, 0.1) is 17.3 Å². The van der Waals surface area contributed by atoms with Gasteiger partial charge in [0.2, 0.25) is 21.8 Å². The molecule has 12 heteroatoms. The van der Waals surface area contributed by atoms with Gasteiger partial charge in [-0.05, 0) is 54.0 Å². The first kappa shape index (κ1) is 30.2. The number of anilines is 1. The number of fused-ring (bicyclic) bond motifs is 2. The second-order valence-corrected chi connectivity index (χ2v) is 15.4. The van der Waals surface area contributed by atoms with Gasteiger partial charge >= 0.3 is 0 Å². The van der Waals surface area contributed by atoms with Gasteiger partial charge in [0.25, 0.3) is 0 Å². The molecule has 1 spiro atoms. The Kier molecular flexibility index (Phi) is 7.96. The minimum Gasteiger partial charge on any atom is -0.352 e. The second kappa shape index (κ2) is 10.8. The zero-order valence-corrected chi connectivity index (χ0v) is 25.8. The van der Waals surface area contributed by atoms with Crippen molar-refractivity contribution in [1.82, 2.24) is 14.9 Å². The molecule has 222 valence electrons. The van der Waals surface area contributed by atoms with Gasteiger partial charge < -0.3 is 16.0 Å². The Morgan fingerprint density at radius 2 is 1.85 bits per heavy atom. The Hall–Kier alpha value is -2.24. The molecule has 2 saturated heterocycles. The quantitative estimate of drug-likeness (QED) is 0.456. The molecule has 2 fully saturated rings. The highest BCUT2D eigenvalue weighted by molar-refractivity contribution is 7.88. The van der Waals surface area contributed by atoms with Gasteiger partial charge in [0, 0.05) is 41.8 Å². The van der Waals surface area contributed by atoms with Crippen LogP contribution in [0.5, 0.6) is 0 Å². The Morgan fingerprint density at radius 1 is 1.17 bits per heavy atom. The third-order valence-electron chi connectivity index (χ3n) is 8.49. The van der Waals surface area contributed by atoms with Crippen molar-refractivity contribution in [3.63, 3.8) is 0 Å². The van der Waals surface area contributed by atoms with E-state index in [0.717, 1.165) is 0 Å². The zero-order valence-electron chi connectivity index (χ0n) is 23.4. The molecule has 2 amide bonds. The summed E-state index contributed by atoms with van der Waals surface area (Å²) in [5.74, 6) is -2.32. The number of carbonyl (C=O) groups excluding carboxylic acids is 2. The van der Waals surface area contributed by atoms with Crippen LogP contribution in [0.15, 0.2) is 36.4 Å². The van der Waals surface area contributed by atoms with Gasteiger partial charge in [-0.2, -0.15) is 0 Å². The van der Waals surface area contributed by atoms with Crippen LogP contribution < -0.4 is 16.0 Å². The van der Waals surface area contributed by atoms with Gasteiger partial charge in [-0.3, -0.25) is 9.59 Å². The number of nitrogens with one attached hydrogen (secondary N) is 3. The molecule has 8 nitrogen and oxygen atoms in total. The van der Waals surface area contributed by atoms with E-state index >= 15 is 4.39 Å². The maximum atomic E-state index is 15.9. The van der Waals surface area contributed by atoms with E-state index in [9.17, 15) is 18.0 Å². The summed E-state index contributed by atoms with van der Waals surface area (Å²) in [4.78, 5) is 28.3. The topological polar surface area (TPSA) is 108 Å². The SMILES string of the molecule is CC(C)(C)CC1NC(C(=O)NC2CCN(S(C)(=O)=O)CC2)C(c2cccc(Cl)c2F)C12C(=O)Nc1cc(Cl)ccc12. The Morgan fingerprint density at radius 3 is 2.49 bits per heavy atom. The molecule has 3 N–H and O–H groups in total. The number of hydrogen-bond acceptors (Lipinski definition) is 5. The molecule has 4 unspecified atom stereocenters. The number of carbonyl (C=O) groups is 2. The predicted molar refractivity (Wildman–Crippen MR) is 158 cm³/mol. The highest BCUT2D eigenvalue weighted by Gasteiger charge is 2.66. The number of amides is 2. The summed E-state index contributed by atoms with van der Waals surface area (Å²) in [7, 11) is -3.32. The van der Waals surface area contributed by atoms with Crippen molar-refractivity contribution in [1.29, 1.82) is 0 Å². The second-order valence-electron chi connectivity index (χ2n) is 12.5. The normalized spacial score (nSPS) is 27.2.